The molecule has 0 spiro atoms. The maximum Gasteiger partial charge on any atom is 0.354 e. The Kier molecular flexibility index (Phi) is 3.06. The molecule has 0 amide bonds. The van der Waals surface area contributed by atoms with Crippen molar-refractivity contribution in [2.45, 2.75) is 6.92 Å². The summed E-state index contributed by atoms with van der Waals surface area (Å²) in [7, 11) is 0. The van der Waals surface area contributed by atoms with Gasteiger partial charge in [-0.25, -0.2) is 18.6 Å². The van der Waals surface area contributed by atoms with Crippen molar-refractivity contribution in [3.63, 3.8) is 0 Å². The number of carbonyl (C=O) groups is 1. The molecule has 0 saturated carbocycles. The number of aromatic nitrogens is 1. The number of carboxylic acid groups (broad SMARTS) is 1. The molecule has 0 fully saturated rings. The van der Waals surface area contributed by atoms with E-state index in [0.29, 0.717) is 5.56 Å². The first-order valence-corrected chi connectivity index (χ1v) is 5.15. The van der Waals surface area contributed by atoms with Crippen LogP contribution in [0.2, 0.25) is 0 Å². The molecule has 1 heterocycles. The van der Waals surface area contributed by atoms with Crippen molar-refractivity contribution in [3.05, 3.63) is 53.4 Å². The number of pyridine rings is 1. The van der Waals surface area contributed by atoms with Crippen LogP contribution in [0.3, 0.4) is 0 Å². The van der Waals surface area contributed by atoms with Gasteiger partial charge in [0.2, 0.25) is 0 Å². The predicted molar refractivity (Wildman–Crippen MR) is 61.3 cm³/mol. The molecule has 18 heavy (non-hydrogen) atoms. The quantitative estimate of drug-likeness (QED) is 0.889. The molecule has 1 aromatic heterocycles. The summed E-state index contributed by atoms with van der Waals surface area (Å²) in [4.78, 5) is 14.3. The van der Waals surface area contributed by atoms with Gasteiger partial charge in [-0.15, -0.1) is 0 Å². The summed E-state index contributed by atoms with van der Waals surface area (Å²) >= 11 is 0. The van der Waals surface area contributed by atoms with Gasteiger partial charge in [-0.2, -0.15) is 0 Å². The van der Waals surface area contributed by atoms with Gasteiger partial charge in [-0.3, -0.25) is 0 Å². The van der Waals surface area contributed by atoms with Crippen molar-refractivity contribution >= 4 is 5.97 Å². The number of hydrogen-bond acceptors (Lipinski definition) is 2. The third-order valence-electron chi connectivity index (χ3n) is 2.57. The van der Waals surface area contributed by atoms with Crippen LogP contribution in [0.25, 0.3) is 11.1 Å². The number of rotatable bonds is 2. The minimum absolute atomic E-state index is 0.0579. The van der Waals surface area contributed by atoms with E-state index in [4.69, 9.17) is 5.11 Å². The molecular weight excluding hydrogens is 240 g/mol. The fourth-order valence-electron chi connectivity index (χ4n) is 1.55. The Morgan fingerprint density at radius 3 is 2.44 bits per heavy atom. The van der Waals surface area contributed by atoms with Gasteiger partial charge in [0.1, 0.15) is 5.69 Å². The standard InChI is InChI=1S/C13H9F2NO2/c1-7-2-4-9(12(15)11(7)14)8-3-5-10(13(17)18)16-6-8/h2-6H,1H3,(H,17,18). The summed E-state index contributed by atoms with van der Waals surface area (Å²) in [5.41, 5.74) is 0.456. The molecule has 2 aromatic rings. The zero-order chi connectivity index (χ0) is 13.3. The highest BCUT2D eigenvalue weighted by molar-refractivity contribution is 5.85. The summed E-state index contributed by atoms with van der Waals surface area (Å²) in [6, 6.07) is 5.53. The molecule has 1 aromatic carbocycles. The minimum Gasteiger partial charge on any atom is -0.477 e. The van der Waals surface area contributed by atoms with Crippen molar-refractivity contribution < 1.29 is 18.7 Å². The molecule has 1 N–H and O–H groups in total. The normalized spacial score (nSPS) is 10.4. The third kappa shape index (κ3) is 2.07. The molecule has 2 rings (SSSR count). The van der Waals surface area contributed by atoms with E-state index >= 15 is 0 Å². The number of hydrogen-bond donors (Lipinski definition) is 1. The van der Waals surface area contributed by atoms with Crippen LogP contribution in [-0.2, 0) is 0 Å². The van der Waals surface area contributed by atoms with E-state index in [1.807, 2.05) is 0 Å². The second-order valence-electron chi connectivity index (χ2n) is 3.80. The molecule has 0 unspecified atom stereocenters. The number of nitrogens with zero attached hydrogens (tertiary/aromatic N) is 1. The minimum atomic E-state index is -1.17. The lowest BCUT2D eigenvalue weighted by atomic mass is 10.0. The highest BCUT2D eigenvalue weighted by Crippen LogP contribution is 2.25. The molecule has 0 saturated heterocycles. The topological polar surface area (TPSA) is 50.2 Å². The molecule has 0 bridgehead atoms. The van der Waals surface area contributed by atoms with Gasteiger partial charge >= 0.3 is 5.97 Å². The predicted octanol–water partition coefficient (Wildman–Crippen LogP) is 3.03. The lowest BCUT2D eigenvalue weighted by Gasteiger charge is -2.06. The molecular formula is C13H9F2NO2. The first-order valence-electron chi connectivity index (χ1n) is 5.15. The van der Waals surface area contributed by atoms with Crippen LogP contribution in [0.5, 0.6) is 0 Å². The summed E-state index contributed by atoms with van der Waals surface area (Å²) in [5, 5.41) is 8.68. The van der Waals surface area contributed by atoms with E-state index in [9.17, 15) is 13.6 Å². The summed E-state index contributed by atoms with van der Waals surface area (Å²) in [6.45, 7) is 1.47. The van der Waals surface area contributed by atoms with Crippen molar-refractivity contribution in [2.24, 2.45) is 0 Å². The van der Waals surface area contributed by atoms with E-state index in [1.165, 1.54) is 37.4 Å². The number of aryl methyl sites for hydroxylation is 1. The lowest BCUT2D eigenvalue weighted by molar-refractivity contribution is 0.0690. The van der Waals surface area contributed by atoms with Crippen molar-refractivity contribution in [1.29, 1.82) is 0 Å². The smallest absolute Gasteiger partial charge is 0.354 e. The number of benzene rings is 1. The molecule has 0 aliphatic carbocycles. The Balaban J connectivity index is 2.49. The van der Waals surface area contributed by atoms with Crippen molar-refractivity contribution in [1.82, 2.24) is 4.98 Å². The molecule has 3 nitrogen and oxygen atoms in total. The Morgan fingerprint density at radius 2 is 1.89 bits per heavy atom. The number of halogens is 2. The Hall–Kier alpha value is -2.30. The highest BCUT2D eigenvalue weighted by atomic mass is 19.2. The molecule has 92 valence electrons. The van der Waals surface area contributed by atoms with Crippen LogP contribution < -0.4 is 0 Å². The van der Waals surface area contributed by atoms with Gasteiger partial charge in [-0.1, -0.05) is 18.2 Å². The van der Waals surface area contributed by atoms with Crippen LogP contribution in [-0.4, -0.2) is 16.1 Å². The van der Waals surface area contributed by atoms with Gasteiger partial charge in [-0.05, 0) is 18.6 Å². The maximum absolute atomic E-state index is 13.7. The van der Waals surface area contributed by atoms with Gasteiger partial charge < -0.3 is 5.11 Å². The van der Waals surface area contributed by atoms with E-state index in [-0.39, 0.29) is 16.8 Å². The highest BCUT2D eigenvalue weighted by Gasteiger charge is 2.13. The maximum atomic E-state index is 13.7. The average molecular weight is 249 g/mol. The van der Waals surface area contributed by atoms with Crippen LogP contribution in [0, 0.1) is 18.6 Å². The van der Waals surface area contributed by atoms with E-state index < -0.39 is 17.6 Å². The second kappa shape index (κ2) is 4.52. The van der Waals surface area contributed by atoms with Crippen molar-refractivity contribution in [3.8, 4) is 11.1 Å². The van der Waals surface area contributed by atoms with E-state index in [2.05, 4.69) is 4.98 Å². The molecule has 0 radical (unpaired) electrons. The lowest BCUT2D eigenvalue weighted by Crippen LogP contribution is -2.00. The summed E-state index contributed by atoms with van der Waals surface area (Å²) in [6.07, 6.45) is 1.20. The van der Waals surface area contributed by atoms with Gasteiger partial charge in [0.05, 0.1) is 0 Å². The van der Waals surface area contributed by atoms with E-state index in [1.54, 1.807) is 0 Å². The first kappa shape index (κ1) is 12.2. The fourth-order valence-corrected chi connectivity index (χ4v) is 1.55. The Bertz CT molecular complexity index is 609. The molecule has 0 aliphatic rings. The summed E-state index contributed by atoms with van der Waals surface area (Å²) < 4.78 is 27.1. The number of carboxylic acids is 1. The fraction of sp³-hybridized carbons (Fsp3) is 0.0769. The SMILES string of the molecule is Cc1ccc(-c2ccc(C(=O)O)nc2)c(F)c1F. The van der Waals surface area contributed by atoms with Gasteiger partial charge in [0.25, 0.3) is 0 Å². The molecule has 0 aliphatic heterocycles. The Labute approximate surface area is 102 Å². The Morgan fingerprint density at radius 1 is 1.17 bits per heavy atom. The monoisotopic (exact) mass is 249 g/mol. The first-order chi connectivity index (χ1) is 8.50. The van der Waals surface area contributed by atoms with Gasteiger partial charge in [0.15, 0.2) is 11.6 Å². The zero-order valence-corrected chi connectivity index (χ0v) is 9.45. The largest absolute Gasteiger partial charge is 0.477 e. The zero-order valence-electron chi connectivity index (χ0n) is 9.45. The van der Waals surface area contributed by atoms with Crippen LogP contribution in [0.15, 0.2) is 30.5 Å². The molecule has 5 heteroatoms. The second-order valence-corrected chi connectivity index (χ2v) is 3.80. The third-order valence-corrected chi connectivity index (χ3v) is 2.57. The average Bonchev–Trinajstić information content (AvgIpc) is 2.36. The molecule has 0 atom stereocenters. The van der Waals surface area contributed by atoms with Crippen molar-refractivity contribution in [2.75, 3.05) is 0 Å². The van der Waals surface area contributed by atoms with Crippen LogP contribution in [0.1, 0.15) is 16.1 Å². The summed E-state index contributed by atoms with van der Waals surface area (Å²) in [5.74, 6) is -3.04. The number of aromatic carboxylic acids is 1. The van der Waals surface area contributed by atoms with Gasteiger partial charge in [0, 0.05) is 17.3 Å². The van der Waals surface area contributed by atoms with Crippen LogP contribution >= 0.6 is 0 Å². The van der Waals surface area contributed by atoms with E-state index in [0.717, 1.165) is 0 Å². The van der Waals surface area contributed by atoms with Crippen LogP contribution in [0.4, 0.5) is 8.78 Å².